The lowest BCUT2D eigenvalue weighted by molar-refractivity contribution is 0.0510. The third-order valence-corrected chi connectivity index (χ3v) is 1.24. The Kier molecular flexibility index (Phi) is 6.53. The van der Waals surface area contributed by atoms with E-state index in [-0.39, 0.29) is 11.5 Å². The highest BCUT2D eigenvalue weighted by Crippen LogP contribution is 2.12. The molecular weight excluding hydrogens is 190 g/mol. The summed E-state index contributed by atoms with van der Waals surface area (Å²) in [5.41, 5.74) is 0.259. The fraction of sp³-hybridized carbons (Fsp3) is 0.556. The lowest BCUT2D eigenvalue weighted by Gasteiger charge is -2.07. The number of hydrogen-bond acceptors (Lipinski definition) is 3. The van der Waals surface area contributed by atoms with Crippen molar-refractivity contribution >= 4 is 0 Å². The number of azo groups is 1. The SMILES string of the molecule is C=C(N=NCC)/C(=C\C)OCC(F)F. The van der Waals surface area contributed by atoms with Gasteiger partial charge in [0.05, 0.1) is 6.54 Å². The third-order valence-electron chi connectivity index (χ3n) is 1.24. The van der Waals surface area contributed by atoms with Crippen LogP contribution in [-0.2, 0) is 4.74 Å². The van der Waals surface area contributed by atoms with Gasteiger partial charge in [-0.05, 0) is 19.9 Å². The molecule has 0 rings (SSSR count). The van der Waals surface area contributed by atoms with Crippen LogP contribution >= 0.6 is 0 Å². The van der Waals surface area contributed by atoms with Crippen LogP contribution in [0.1, 0.15) is 13.8 Å². The first kappa shape index (κ1) is 12.7. The van der Waals surface area contributed by atoms with Crippen LogP contribution in [0.3, 0.4) is 0 Å². The molecule has 0 aromatic rings. The van der Waals surface area contributed by atoms with Gasteiger partial charge in [-0.2, -0.15) is 10.2 Å². The highest BCUT2D eigenvalue weighted by atomic mass is 19.3. The van der Waals surface area contributed by atoms with Crippen molar-refractivity contribution in [1.29, 1.82) is 0 Å². The zero-order chi connectivity index (χ0) is 11.0. The Balaban J connectivity index is 4.15. The van der Waals surface area contributed by atoms with Crippen molar-refractivity contribution in [2.24, 2.45) is 10.2 Å². The number of alkyl halides is 2. The summed E-state index contributed by atoms with van der Waals surface area (Å²) in [5.74, 6) is 0.238. The van der Waals surface area contributed by atoms with Crippen LogP contribution in [0.25, 0.3) is 0 Å². The van der Waals surface area contributed by atoms with Gasteiger partial charge >= 0.3 is 0 Å². The maximum absolute atomic E-state index is 11.8. The highest BCUT2D eigenvalue weighted by Gasteiger charge is 2.07. The van der Waals surface area contributed by atoms with Crippen LogP contribution in [0, 0.1) is 0 Å². The molecule has 0 aromatic carbocycles. The van der Waals surface area contributed by atoms with Gasteiger partial charge in [-0.1, -0.05) is 6.58 Å². The summed E-state index contributed by atoms with van der Waals surface area (Å²) in [7, 11) is 0. The van der Waals surface area contributed by atoms with Crippen LogP contribution in [0.4, 0.5) is 8.78 Å². The Morgan fingerprint density at radius 3 is 2.64 bits per heavy atom. The van der Waals surface area contributed by atoms with Gasteiger partial charge < -0.3 is 4.74 Å². The monoisotopic (exact) mass is 204 g/mol. The topological polar surface area (TPSA) is 34.0 Å². The average Bonchev–Trinajstić information content (AvgIpc) is 2.15. The Hall–Kier alpha value is -1.26. The molecule has 5 heteroatoms. The molecule has 0 bridgehead atoms. The van der Waals surface area contributed by atoms with E-state index in [9.17, 15) is 8.78 Å². The fourth-order valence-electron chi connectivity index (χ4n) is 0.691. The Bertz CT molecular complexity index is 237. The van der Waals surface area contributed by atoms with Crippen LogP contribution < -0.4 is 0 Å². The molecule has 14 heavy (non-hydrogen) atoms. The Morgan fingerprint density at radius 2 is 2.21 bits per heavy atom. The van der Waals surface area contributed by atoms with Crippen molar-refractivity contribution in [3.8, 4) is 0 Å². The Morgan fingerprint density at radius 1 is 1.57 bits per heavy atom. The molecular formula is C9H14F2N2O. The summed E-state index contributed by atoms with van der Waals surface area (Å²) in [5, 5.41) is 7.37. The van der Waals surface area contributed by atoms with Gasteiger partial charge in [0.15, 0.2) is 0 Å². The summed E-state index contributed by atoms with van der Waals surface area (Å²) in [6.07, 6.45) is -0.972. The minimum atomic E-state index is -2.50. The predicted octanol–water partition coefficient (Wildman–Crippen LogP) is 3.16. The van der Waals surface area contributed by atoms with E-state index in [0.29, 0.717) is 6.54 Å². The minimum Gasteiger partial charge on any atom is -0.486 e. The molecule has 0 aromatic heterocycles. The lowest BCUT2D eigenvalue weighted by atomic mass is 10.4. The fourth-order valence-corrected chi connectivity index (χ4v) is 0.691. The summed E-state index contributed by atoms with van der Waals surface area (Å²) >= 11 is 0. The minimum absolute atomic E-state index is 0.238. The quantitative estimate of drug-likeness (QED) is 0.371. The molecule has 3 nitrogen and oxygen atoms in total. The second-order valence-corrected chi connectivity index (χ2v) is 2.36. The van der Waals surface area contributed by atoms with Crippen LogP contribution in [0.5, 0.6) is 0 Å². The zero-order valence-corrected chi connectivity index (χ0v) is 8.33. The van der Waals surface area contributed by atoms with E-state index in [0.717, 1.165) is 0 Å². The molecule has 0 heterocycles. The van der Waals surface area contributed by atoms with E-state index in [2.05, 4.69) is 16.8 Å². The molecule has 0 saturated heterocycles. The summed E-state index contributed by atoms with van der Waals surface area (Å²) < 4.78 is 28.4. The van der Waals surface area contributed by atoms with E-state index in [1.54, 1.807) is 6.92 Å². The first-order chi connectivity index (χ1) is 6.61. The lowest BCUT2D eigenvalue weighted by Crippen LogP contribution is -2.04. The highest BCUT2D eigenvalue weighted by molar-refractivity contribution is 5.19. The van der Waals surface area contributed by atoms with E-state index in [4.69, 9.17) is 4.74 Å². The molecule has 0 fully saturated rings. The van der Waals surface area contributed by atoms with Crippen molar-refractivity contribution in [3.05, 3.63) is 24.1 Å². The molecule has 0 N–H and O–H groups in total. The molecule has 80 valence electrons. The van der Waals surface area contributed by atoms with Crippen molar-refractivity contribution in [2.45, 2.75) is 20.3 Å². The predicted molar refractivity (Wildman–Crippen MR) is 50.3 cm³/mol. The molecule has 0 atom stereocenters. The van der Waals surface area contributed by atoms with Gasteiger partial charge in [0, 0.05) is 0 Å². The molecule has 0 aliphatic carbocycles. The molecule has 0 spiro atoms. The van der Waals surface area contributed by atoms with Gasteiger partial charge in [-0.25, -0.2) is 8.78 Å². The number of halogens is 2. The smallest absolute Gasteiger partial charge is 0.272 e. The number of ether oxygens (including phenoxy) is 1. The molecule has 0 aliphatic rings. The average molecular weight is 204 g/mol. The van der Waals surface area contributed by atoms with Gasteiger partial charge in [-0.15, -0.1) is 0 Å². The van der Waals surface area contributed by atoms with Gasteiger partial charge in [0.2, 0.25) is 0 Å². The van der Waals surface area contributed by atoms with Gasteiger partial charge in [0.1, 0.15) is 18.1 Å². The molecule has 0 aliphatic heterocycles. The summed E-state index contributed by atoms with van der Waals surface area (Å²) in [4.78, 5) is 0. The number of rotatable bonds is 6. The number of nitrogens with zero attached hydrogens (tertiary/aromatic N) is 2. The number of allylic oxidation sites excluding steroid dienone is 1. The maximum atomic E-state index is 11.8. The largest absolute Gasteiger partial charge is 0.486 e. The maximum Gasteiger partial charge on any atom is 0.272 e. The molecule has 0 radical (unpaired) electrons. The van der Waals surface area contributed by atoms with E-state index < -0.39 is 13.0 Å². The zero-order valence-electron chi connectivity index (χ0n) is 8.33. The molecule has 0 unspecified atom stereocenters. The second-order valence-electron chi connectivity index (χ2n) is 2.36. The summed E-state index contributed by atoms with van der Waals surface area (Å²) in [6.45, 7) is 6.88. The first-order valence-electron chi connectivity index (χ1n) is 4.25. The standard InChI is InChI=1S/C9H14F2N2O/c1-4-8(14-6-9(10)11)7(3)13-12-5-2/h4,9H,3,5-6H2,1-2H3/b8-4+,13-12?. The number of hydrogen-bond donors (Lipinski definition) is 0. The van der Waals surface area contributed by atoms with Crippen LogP contribution in [-0.4, -0.2) is 19.6 Å². The first-order valence-corrected chi connectivity index (χ1v) is 4.25. The van der Waals surface area contributed by atoms with E-state index in [1.165, 1.54) is 6.08 Å². The van der Waals surface area contributed by atoms with E-state index >= 15 is 0 Å². The van der Waals surface area contributed by atoms with Gasteiger partial charge in [-0.3, -0.25) is 0 Å². The van der Waals surface area contributed by atoms with E-state index in [1.807, 2.05) is 6.92 Å². The van der Waals surface area contributed by atoms with Crippen LogP contribution in [0.2, 0.25) is 0 Å². The Labute approximate surface area is 82.2 Å². The van der Waals surface area contributed by atoms with Gasteiger partial charge in [0.25, 0.3) is 6.43 Å². The third kappa shape index (κ3) is 5.40. The van der Waals surface area contributed by atoms with Crippen LogP contribution in [0.15, 0.2) is 34.3 Å². The van der Waals surface area contributed by atoms with Crippen molar-refractivity contribution in [1.82, 2.24) is 0 Å². The summed E-state index contributed by atoms with van der Waals surface area (Å²) in [6, 6.07) is 0. The van der Waals surface area contributed by atoms with Crippen molar-refractivity contribution in [3.63, 3.8) is 0 Å². The molecule has 0 amide bonds. The van der Waals surface area contributed by atoms with Crippen molar-refractivity contribution < 1.29 is 13.5 Å². The normalized spacial score (nSPS) is 12.5. The van der Waals surface area contributed by atoms with Crippen molar-refractivity contribution in [2.75, 3.05) is 13.2 Å². The second kappa shape index (κ2) is 7.17. The molecule has 0 saturated carbocycles.